The lowest BCUT2D eigenvalue weighted by Crippen LogP contribution is -2.01. The van der Waals surface area contributed by atoms with Crippen LogP contribution in [0.1, 0.15) is 16.7 Å². The second-order valence-electron chi connectivity index (χ2n) is 4.04. The van der Waals surface area contributed by atoms with Gasteiger partial charge in [0.25, 0.3) is 0 Å². The molecule has 0 aliphatic carbocycles. The van der Waals surface area contributed by atoms with Crippen molar-refractivity contribution in [1.82, 2.24) is 9.38 Å². The SMILES string of the molecule is OC(Cc1sccc1Br)c1cn2ccccc2n1. The zero-order valence-corrected chi connectivity index (χ0v) is 11.9. The molecular formula is C13H11BrN2OS. The molecule has 0 saturated carbocycles. The number of pyridine rings is 1. The van der Waals surface area contributed by atoms with Gasteiger partial charge < -0.3 is 9.51 Å². The standard InChI is InChI=1S/C13H11BrN2OS/c14-9-4-6-18-12(9)7-11(17)10-8-16-5-2-1-3-13(16)15-10/h1-6,8,11,17H,7H2. The molecule has 5 heteroatoms. The summed E-state index contributed by atoms with van der Waals surface area (Å²) in [7, 11) is 0. The highest BCUT2D eigenvalue weighted by atomic mass is 79.9. The normalized spacial score (nSPS) is 13.0. The maximum atomic E-state index is 10.2. The summed E-state index contributed by atoms with van der Waals surface area (Å²) in [4.78, 5) is 5.56. The lowest BCUT2D eigenvalue weighted by Gasteiger charge is -2.05. The molecule has 3 nitrogen and oxygen atoms in total. The summed E-state index contributed by atoms with van der Waals surface area (Å²) in [6.07, 6.45) is 3.82. The van der Waals surface area contributed by atoms with Gasteiger partial charge in [-0.05, 0) is 39.5 Å². The molecule has 3 rings (SSSR count). The molecule has 0 saturated heterocycles. The number of imidazole rings is 1. The largest absolute Gasteiger partial charge is 0.386 e. The molecule has 0 fully saturated rings. The molecule has 3 aromatic heterocycles. The molecule has 0 aromatic carbocycles. The molecule has 92 valence electrons. The predicted octanol–water partition coefficient (Wildman–Crippen LogP) is 3.43. The molecule has 18 heavy (non-hydrogen) atoms. The van der Waals surface area contributed by atoms with Crippen molar-refractivity contribution in [1.29, 1.82) is 0 Å². The van der Waals surface area contributed by atoms with E-state index < -0.39 is 6.10 Å². The van der Waals surface area contributed by atoms with Crippen LogP contribution in [0.15, 0.2) is 46.5 Å². The fourth-order valence-corrected chi connectivity index (χ4v) is 3.42. The van der Waals surface area contributed by atoms with E-state index in [0.29, 0.717) is 12.1 Å². The Bertz CT molecular complexity index is 643. The van der Waals surface area contributed by atoms with Gasteiger partial charge in [-0.15, -0.1) is 11.3 Å². The quantitative estimate of drug-likeness (QED) is 0.802. The van der Waals surface area contributed by atoms with Crippen LogP contribution in [0.25, 0.3) is 5.65 Å². The van der Waals surface area contributed by atoms with E-state index in [4.69, 9.17) is 0 Å². The van der Waals surface area contributed by atoms with E-state index in [1.165, 1.54) is 0 Å². The topological polar surface area (TPSA) is 37.5 Å². The Balaban J connectivity index is 1.88. The fraction of sp³-hybridized carbons (Fsp3) is 0.154. The highest BCUT2D eigenvalue weighted by Gasteiger charge is 2.14. The Kier molecular flexibility index (Phi) is 3.20. The predicted molar refractivity (Wildman–Crippen MR) is 75.9 cm³/mol. The van der Waals surface area contributed by atoms with E-state index in [2.05, 4.69) is 20.9 Å². The third-order valence-corrected chi connectivity index (χ3v) is 4.74. The van der Waals surface area contributed by atoms with Gasteiger partial charge in [0, 0.05) is 28.2 Å². The maximum Gasteiger partial charge on any atom is 0.137 e. The number of rotatable bonds is 3. The summed E-state index contributed by atoms with van der Waals surface area (Å²) >= 11 is 5.11. The third-order valence-electron chi connectivity index (χ3n) is 2.79. The van der Waals surface area contributed by atoms with Crippen molar-refractivity contribution in [2.45, 2.75) is 12.5 Å². The van der Waals surface area contributed by atoms with Crippen molar-refractivity contribution in [3.63, 3.8) is 0 Å². The second-order valence-corrected chi connectivity index (χ2v) is 5.90. The van der Waals surface area contributed by atoms with Crippen molar-refractivity contribution >= 4 is 32.9 Å². The molecule has 3 aromatic rings. The number of thiophene rings is 1. The third kappa shape index (κ3) is 2.21. The first-order chi connectivity index (χ1) is 8.74. The van der Waals surface area contributed by atoms with E-state index in [-0.39, 0.29) is 0 Å². The van der Waals surface area contributed by atoms with E-state index >= 15 is 0 Å². The second kappa shape index (κ2) is 4.84. The molecule has 1 atom stereocenters. The minimum atomic E-state index is -0.570. The van der Waals surface area contributed by atoms with E-state index in [0.717, 1.165) is 15.0 Å². The molecule has 0 spiro atoms. The number of nitrogens with zero attached hydrogens (tertiary/aromatic N) is 2. The average molecular weight is 323 g/mol. The molecule has 0 aliphatic heterocycles. The summed E-state index contributed by atoms with van der Waals surface area (Å²) in [5, 5.41) is 12.2. The smallest absolute Gasteiger partial charge is 0.137 e. The van der Waals surface area contributed by atoms with Crippen LogP contribution in [0.4, 0.5) is 0 Å². The van der Waals surface area contributed by atoms with Crippen LogP contribution in [-0.4, -0.2) is 14.5 Å². The monoisotopic (exact) mass is 322 g/mol. The minimum absolute atomic E-state index is 0.570. The number of aromatic nitrogens is 2. The van der Waals surface area contributed by atoms with Crippen LogP contribution < -0.4 is 0 Å². The van der Waals surface area contributed by atoms with Gasteiger partial charge in [0.2, 0.25) is 0 Å². The average Bonchev–Trinajstić information content (AvgIpc) is 2.96. The number of halogens is 1. The van der Waals surface area contributed by atoms with Gasteiger partial charge in [0.05, 0.1) is 5.69 Å². The first kappa shape index (κ1) is 11.9. The Morgan fingerprint density at radius 3 is 3.00 bits per heavy atom. The maximum absolute atomic E-state index is 10.2. The van der Waals surface area contributed by atoms with Gasteiger partial charge in [-0.3, -0.25) is 0 Å². The van der Waals surface area contributed by atoms with Gasteiger partial charge >= 0.3 is 0 Å². The Hall–Kier alpha value is -1.17. The van der Waals surface area contributed by atoms with Crippen molar-refractivity contribution in [3.05, 3.63) is 57.1 Å². The van der Waals surface area contributed by atoms with Crippen LogP contribution in [0.3, 0.4) is 0 Å². The molecule has 0 radical (unpaired) electrons. The molecule has 0 amide bonds. The van der Waals surface area contributed by atoms with E-state index in [9.17, 15) is 5.11 Å². The van der Waals surface area contributed by atoms with Gasteiger partial charge in [-0.2, -0.15) is 0 Å². The summed E-state index contributed by atoms with van der Waals surface area (Å²) in [5.74, 6) is 0. The van der Waals surface area contributed by atoms with Crippen molar-refractivity contribution < 1.29 is 5.11 Å². The number of hydrogen-bond donors (Lipinski definition) is 1. The van der Waals surface area contributed by atoms with Crippen molar-refractivity contribution in [2.24, 2.45) is 0 Å². The first-order valence-corrected chi connectivity index (χ1v) is 7.25. The van der Waals surface area contributed by atoms with Gasteiger partial charge in [0.1, 0.15) is 11.8 Å². The Morgan fingerprint density at radius 1 is 1.39 bits per heavy atom. The molecule has 1 N–H and O–H groups in total. The minimum Gasteiger partial charge on any atom is -0.386 e. The zero-order valence-electron chi connectivity index (χ0n) is 9.45. The highest BCUT2D eigenvalue weighted by Crippen LogP contribution is 2.28. The summed E-state index contributed by atoms with van der Waals surface area (Å²) in [6, 6.07) is 7.81. The molecule has 0 aliphatic rings. The van der Waals surface area contributed by atoms with Crippen molar-refractivity contribution in [3.8, 4) is 0 Å². The lowest BCUT2D eigenvalue weighted by atomic mass is 10.2. The van der Waals surface area contributed by atoms with Crippen LogP contribution in [0.5, 0.6) is 0 Å². The van der Waals surface area contributed by atoms with E-state index in [1.54, 1.807) is 11.3 Å². The van der Waals surface area contributed by atoms with Gasteiger partial charge in [0.15, 0.2) is 0 Å². The number of fused-ring (bicyclic) bond motifs is 1. The first-order valence-electron chi connectivity index (χ1n) is 5.57. The molecule has 1 unspecified atom stereocenters. The van der Waals surface area contributed by atoms with Crippen LogP contribution >= 0.6 is 27.3 Å². The molecule has 0 bridgehead atoms. The molecule has 3 heterocycles. The van der Waals surface area contributed by atoms with Crippen LogP contribution in [0, 0.1) is 0 Å². The molecular weight excluding hydrogens is 312 g/mol. The van der Waals surface area contributed by atoms with Crippen LogP contribution in [-0.2, 0) is 6.42 Å². The van der Waals surface area contributed by atoms with Gasteiger partial charge in [-0.25, -0.2) is 4.98 Å². The summed E-state index contributed by atoms with van der Waals surface area (Å²) < 4.78 is 2.97. The van der Waals surface area contributed by atoms with Gasteiger partial charge in [-0.1, -0.05) is 6.07 Å². The Morgan fingerprint density at radius 2 is 2.28 bits per heavy atom. The van der Waals surface area contributed by atoms with Crippen molar-refractivity contribution in [2.75, 3.05) is 0 Å². The summed E-state index contributed by atoms with van der Waals surface area (Å²) in [6.45, 7) is 0. The summed E-state index contributed by atoms with van der Waals surface area (Å²) in [5.41, 5.74) is 1.57. The number of aliphatic hydroxyl groups excluding tert-OH is 1. The Labute approximate surface area is 117 Å². The van der Waals surface area contributed by atoms with E-state index in [1.807, 2.05) is 46.4 Å². The highest BCUT2D eigenvalue weighted by molar-refractivity contribution is 9.10. The van der Waals surface area contributed by atoms with Crippen LogP contribution in [0.2, 0.25) is 0 Å². The number of aliphatic hydroxyl groups is 1. The fourth-order valence-electron chi connectivity index (χ4n) is 1.87. The zero-order chi connectivity index (χ0) is 12.5. The number of hydrogen-bond acceptors (Lipinski definition) is 3. The lowest BCUT2D eigenvalue weighted by molar-refractivity contribution is 0.175.